The molecule has 0 aliphatic rings. The predicted molar refractivity (Wildman–Crippen MR) is 120 cm³/mol. The van der Waals surface area contributed by atoms with E-state index in [9.17, 15) is 4.79 Å². The molecule has 0 unspecified atom stereocenters. The quantitative estimate of drug-likeness (QED) is 0.244. The third kappa shape index (κ3) is 6.14. The van der Waals surface area contributed by atoms with Crippen LogP contribution in [0.1, 0.15) is 49.1 Å². The van der Waals surface area contributed by atoms with Gasteiger partial charge in [0, 0.05) is 17.0 Å². The normalized spacial score (nSPS) is 10.8. The fourth-order valence-electron chi connectivity index (χ4n) is 3.36. The Balaban J connectivity index is 1.71. The average molecular weight is 427 g/mol. The number of aromatic carboxylic acids is 1. The Labute approximate surface area is 182 Å². The summed E-state index contributed by atoms with van der Waals surface area (Å²) in [6.45, 7) is 0.643. The number of hydrogen-bond acceptors (Lipinski definition) is 3. The number of halogens is 1. The first kappa shape index (κ1) is 22.0. The Morgan fingerprint density at radius 3 is 2.30 bits per heavy atom. The van der Waals surface area contributed by atoms with Gasteiger partial charge in [-0.05, 0) is 36.1 Å². The summed E-state index contributed by atoms with van der Waals surface area (Å²) in [5.74, 6) is 0.379. The average Bonchev–Trinajstić information content (AvgIpc) is 3.27. The fourth-order valence-corrected chi connectivity index (χ4v) is 3.55. The summed E-state index contributed by atoms with van der Waals surface area (Å²) in [7, 11) is 0. The van der Waals surface area contributed by atoms with E-state index in [4.69, 9.17) is 25.9 Å². The maximum Gasteiger partial charge on any atom is 0.371 e. The van der Waals surface area contributed by atoms with Gasteiger partial charge >= 0.3 is 5.97 Å². The van der Waals surface area contributed by atoms with E-state index >= 15 is 0 Å². The highest BCUT2D eigenvalue weighted by Crippen LogP contribution is 2.35. The number of carboxylic acids is 1. The summed E-state index contributed by atoms with van der Waals surface area (Å²) in [4.78, 5) is 11.1. The van der Waals surface area contributed by atoms with Crippen molar-refractivity contribution in [2.75, 3.05) is 12.5 Å². The molecule has 0 atom stereocenters. The summed E-state index contributed by atoms with van der Waals surface area (Å²) in [6.07, 6.45) is 8.27. The second-order valence-electron chi connectivity index (χ2n) is 7.24. The molecule has 4 nitrogen and oxygen atoms in total. The van der Waals surface area contributed by atoms with E-state index in [1.807, 2.05) is 36.4 Å². The molecule has 0 spiro atoms. The highest BCUT2D eigenvalue weighted by atomic mass is 35.5. The van der Waals surface area contributed by atoms with Crippen LogP contribution in [-0.4, -0.2) is 23.6 Å². The summed E-state index contributed by atoms with van der Waals surface area (Å²) < 4.78 is 11.3. The number of furan rings is 1. The number of carboxylic acid groups (broad SMARTS) is 1. The number of ether oxygens (including phenoxy) is 1. The van der Waals surface area contributed by atoms with Crippen LogP contribution in [-0.2, 0) is 0 Å². The largest absolute Gasteiger partial charge is 0.493 e. The van der Waals surface area contributed by atoms with Crippen LogP contribution in [0, 0.1) is 0 Å². The van der Waals surface area contributed by atoms with Crippen LogP contribution >= 0.6 is 11.6 Å². The van der Waals surface area contributed by atoms with Gasteiger partial charge in [-0.2, -0.15) is 0 Å². The van der Waals surface area contributed by atoms with E-state index < -0.39 is 5.97 Å². The Hall–Kier alpha value is -2.72. The maximum absolute atomic E-state index is 11.1. The van der Waals surface area contributed by atoms with Gasteiger partial charge in [0.15, 0.2) is 0 Å². The molecule has 0 fully saturated rings. The minimum Gasteiger partial charge on any atom is -0.493 e. The van der Waals surface area contributed by atoms with Gasteiger partial charge in [0.2, 0.25) is 5.76 Å². The second-order valence-corrected chi connectivity index (χ2v) is 7.62. The second kappa shape index (κ2) is 11.5. The molecule has 1 heterocycles. The van der Waals surface area contributed by atoms with Crippen molar-refractivity contribution < 1.29 is 19.1 Å². The minimum atomic E-state index is -1.08. The molecule has 0 saturated carbocycles. The molecule has 1 N–H and O–H groups in total. The highest BCUT2D eigenvalue weighted by molar-refractivity contribution is 6.17. The van der Waals surface area contributed by atoms with E-state index in [-0.39, 0.29) is 5.76 Å². The van der Waals surface area contributed by atoms with E-state index in [0.717, 1.165) is 53.1 Å². The lowest BCUT2D eigenvalue weighted by Gasteiger charge is -2.13. The molecular formula is C25H27ClO4. The Morgan fingerprint density at radius 1 is 0.867 bits per heavy atom. The van der Waals surface area contributed by atoms with Gasteiger partial charge in [0.1, 0.15) is 5.75 Å². The first-order valence-electron chi connectivity index (χ1n) is 10.4. The summed E-state index contributed by atoms with van der Waals surface area (Å²) in [5, 5.41) is 9.10. The van der Waals surface area contributed by atoms with Crippen molar-refractivity contribution >= 4 is 17.6 Å². The van der Waals surface area contributed by atoms with E-state index in [2.05, 4.69) is 12.1 Å². The lowest BCUT2D eigenvalue weighted by Crippen LogP contribution is -1.99. The zero-order chi connectivity index (χ0) is 21.2. The molecule has 5 heteroatoms. The molecule has 3 rings (SSSR count). The van der Waals surface area contributed by atoms with Gasteiger partial charge < -0.3 is 14.3 Å². The topological polar surface area (TPSA) is 59.7 Å². The van der Waals surface area contributed by atoms with Crippen LogP contribution in [0.15, 0.2) is 65.3 Å². The van der Waals surface area contributed by atoms with Gasteiger partial charge in [0.25, 0.3) is 0 Å². The van der Waals surface area contributed by atoms with E-state index in [1.165, 1.54) is 31.6 Å². The first-order valence-corrected chi connectivity index (χ1v) is 10.9. The zero-order valence-corrected chi connectivity index (χ0v) is 17.7. The number of hydrogen-bond donors (Lipinski definition) is 1. The van der Waals surface area contributed by atoms with Crippen molar-refractivity contribution in [1.29, 1.82) is 0 Å². The van der Waals surface area contributed by atoms with Crippen molar-refractivity contribution in [2.45, 2.75) is 38.5 Å². The van der Waals surface area contributed by atoms with Crippen molar-refractivity contribution in [3.8, 4) is 28.0 Å². The van der Waals surface area contributed by atoms with Crippen LogP contribution in [0.3, 0.4) is 0 Å². The Morgan fingerprint density at radius 2 is 1.60 bits per heavy atom. The van der Waals surface area contributed by atoms with Crippen LogP contribution in [0.4, 0.5) is 0 Å². The highest BCUT2D eigenvalue weighted by Gasteiger charge is 2.13. The Bertz CT molecular complexity index is 933. The fraction of sp³-hybridized carbons (Fsp3) is 0.320. The molecule has 158 valence electrons. The molecule has 2 aromatic carbocycles. The number of rotatable bonds is 12. The van der Waals surface area contributed by atoms with Gasteiger partial charge in [-0.1, -0.05) is 68.1 Å². The monoisotopic (exact) mass is 426 g/mol. The lowest BCUT2D eigenvalue weighted by molar-refractivity contribution is 0.0662. The predicted octanol–water partition coefficient (Wildman–Crippen LogP) is 7.27. The third-order valence-corrected chi connectivity index (χ3v) is 5.26. The van der Waals surface area contributed by atoms with Crippen LogP contribution in [0.5, 0.6) is 5.75 Å². The van der Waals surface area contributed by atoms with Crippen molar-refractivity contribution in [3.63, 3.8) is 0 Å². The molecule has 0 amide bonds. The standard InChI is InChI=1S/C25H27ClO4/c26-14-8-3-1-2-4-9-15-29-23-16-20(21-17-24(25(27)28)30-18-21)12-13-22(23)19-10-6-5-7-11-19/h5-7,10-13,16-18H,1-4,8-9,14-15H2,(H,27,28). The van der Waals surface area contributed by atoms with Crippen molar-refractivity contribution in [1.82, 2.24) is 0 Å². The van der Waals surface area contributed by atoms with Crippen LogP contribution in [0.2, 0.25) is 0 Å². The molecule has 0 aliphatic carbocycles. The molecule has 0 aliphatic heterocycles. The van der Waals surface area contributed by atoms with Crippen LogP contribution in [0.25, 0.3) is 22.3 Å². The molecule has 30 heavy (non-hydrogen) atoms. The van der Waals surface area contributed by atoms with Gasteiger partial charge in [-0.15, -0.1) is 11.6 Å². The summed E-state index contributed by atoms with van der Waals surface area (Å²) >= 11 is 5.72. The van der Waals surface area contributed by atoms with Crippen molar-refractivity contribution in [3.05, 3.63) is 66.6 Å². The summed E-state index contributed by atoms with van der Waals surface area (Å²) in [5.41, 5.74) is 3.68. The van der Waals surface area contributed by atoms with E-state index in [1.54, 1.807) is 0 Å². The van der Waals surface area contributed by atoms with Gasteiger partial charge in [0.05, 0.1) is 12.9 Å². The maximum atomic E-state index is 11.1. The SMILES string of the molecule is O=C(O)c1cc(-c2ccc(-c3ccccc3)c(OCCCCCCCCCl)c2)co1. The molecule has 0 bridgehead atoms. The van der Waals surface area contributed by atoms with Gasteiger partial charge in [-0.25, -0.2) is 4.79 Å². The third-order valence-electron chi connectivity index (χ3n) is 5.00. The smallest absolute Gasteiger partial charge is 0.371 e. The molecule has 3 aromatic rings. The molecule has 0 radical (unpaired) electrons. The van der Waals surface area contributed by atoms with Gasteiger partial charge in [-0.3, -0.25) is 0 Å². The number of alkyl halides is 1. The molecule has 1 aromatic heterocycles. The summed E-state index contributed by atoms with van der Waals surface area (Å²) in [6, 6.07) is 17.6. The molecular weight excluding hydrogens is 400 g/mol. The zero-order valence-electron chi connectivity index (χ0n) is 17.0. The minimum absolute atomic E-state index is 0.0752. The van der Waals surface area contributed by atoms with E-state index in [0.29, 0.717) is 6.61 Å². The number of carbonyl (C=O) groups is 1. The Kier molecular flexibility index (Phi) is 8.40. The number of unbranched alkanes of at least 4 members (excludes halogenated alkanes) is 5. The first-order chi connectivity index (χ1) is 14.7. The van der Waals surface area contributed by atoms with Crippen molar-refractivity contribution in [2.24, 2.45) is 0 Å². The molecule has 0 saturated heterocycles. The lowest BCUT2D eigenvalue weighted by atomic mass is 10.00. The number of benzene rings is 2. The van der Waals surface area contributed by atoms with Crippen LogP contribution < -0.4 is 4.74 Å².